The Bertz CT molecular complexity index is 433. The highest BCUT2D eigenvalue weighted by molar-refractivity contribution is 7.12. The molecule has 2 rings (SSSR count). The standard InChI is InChI=1S/C10H13N3S2/c1-3-8-4-5-9(14-8)6-11-10-12-7(2)13-15-10/h4-5H,3,6H2,1-2H3,(H,11,12,13). The highest BCUT2D eigenvalue weighted by atomic mass is 32.1. The average Bonchev–Trinajstić information content (AvgIpc) is 2.83. The molecule has 80 valence electrons. The van der Waals surface area contributed by atoms with Gasteiger partial charge in [0, 0.05) is 21.3 Å². The molecule has 0 atom stereocenters. The normalized spacial score (nSPS) is 10.5. The van der Waals surface area contributed by atoms with Gasteiger partial charge in [-0.15, -0.1) is 11.3 Å². The third-order valence-electron chi connectivity index (χ3n) is 2.01. The fourth-order valence-electron chi connectivity index (χ4n) is 1.24. The largest absolute Gasteiger partial charge is 0.355 e. The van der Waals surface area contributed by atoms with Crippen LogP contribution in [0.25, 0.3) is 0 Å². The highest BCUT2D eigenvalue weighted by Crippen LogP contribution is 2.19. The Morgan fingerprint density at radius 3 is 2.73 bits per heavy atom. The maximum absolute atomic E-state index is 4.25. The predicted octanol–water partition coefficient (Wildman–Crippen LogP) is 3.08. The Hall–Kier alpha value is -0.940. The number of nitrogens with one attached hydrogen (secondary N) is 1. The molecular weight excluding hydrogens is 226 g/mol. The van der Waals surface area contributed by atoms with Crippen molar-refractivity contribution in [3.8, 4) is 0 Å². The fraction of sp³-hybridized carbons (Fsp3) is 0.400. The smallest absolute Gasteiger partial charge is 0.202 e. The fourth-order valence-corrected chi connectivity index (χ4v) is 2.71. The number of rotatable bonds is 4. The zero-order chi connectivity index (χ0) is 10.7. The summed E-state index contributed by atoms with van der Waals surface area (Å²) < 4.78 is 4.12. The van der Waals surface area contributed by atoms with E-state index < -0.39 is 0 Å². The molecule has 0 aliphatic rings. The molecule has 1 N–H and O–H groups in total. The monoisotopic (exact) mass is 239 g/mol. The average molecular weight is 239 g/mol. The van der Waals surface area contributed by atoms with Gasteiger partial charge in [-0.25, -0.2) is 4.98 Å². The molecule has 2 aromatic heterocycles. The van der Waals surface area contributed by atoms with Gasteiger partial charge in [0.15, 0.2) is 0 Å². The summed E-state index contributed by atoms with van der Waals surface area (Å²) in [5.74, 6) is 0.836. The van der Waals surface area contributed by atoms with E-state index in [0.717, 1.165) is 23.9 Å². The van der Waals surface area contributed by atoms with Crippen molar-refractivity contribution in [2.24, 2.45) is 0 Å². The van der Waals surface area contributed by atoms with Gasteiger partial charge in [-0.05, 0) is 25.5 Å². The summed E-state index contributed by atoms with van der Waals surface area (Å²) in [4.78, 5) is 7.03. The molecule has 0 radical (unpaired) electrons. The molecule has 0 saturated carbocycles. The van der Waals surface area contributed by atoms with Crippen molar-refractivity contribution in [2.75, 3.05) is 5.32 Å². The van der Waals surface area contributed by atoms with Crippen LogP contribution in [0.2, 0.25) is 0 Å². The van der Waals surface area contributed by atoms with E-state index in [0.29, 0.717) is 0 Å². The third kappa shape index (κ3) is 2.76. The van der Waals surface area contributed by atoms with Crippen LogP contribution in [0.4, 0.5) is 5.13 Å². The molecule has 15 heavy (non-hydrogen) atoms. The van der Waals surface area contributed by atoms with Gasteiger partial charge >= 0.3 is 0 Å². The van der Waals surface area contributed by atoms with E-state index in [2.05, 4.69) is 33.7 Å². The van der Waals surface area contributed by atoms with Gasteiger partial charge in [-0.2, -0.15) is 4.37 Å². The molecule has 0 unspecified atom stereocenters. The minimum atomic E-state index is 0.836. The first-order chi connectivity index (χ1) is 7.28. The molecule has 5 heteroatoms. The molecule has 0 aliphatic carbocycles. The van der Waals surface area contributed by atoms with E-state index in [1.165, 1.54) is 21.3 Å². The first-order valence-corrected chi connectivity index (χ1v) is 6.48. The van der Waals surface area contributed by atoms with Gasteiger partial charge in [0.1, 0.15) is 5.82 Å². The molecule has 2 aromatic rings. The molecule has 3 nitrogen and oxygen atoms in total. The van der Waals surface area contributed by atoms with Crippen LogP contribution in [0.5, 0.6) is 0 Å². The summed E-state index contributed by atoms with van der Waals surface area (Å²) >= 11 is 3.27. The number of hydrogen-bond donors (Lipinski definition) is 1. The van der Waals surface area contributed by atoms with Crippen molar-refractivity contribution in [2.45, 2.75) is 26.8 Å². The number of anilines is 1. The van der Waals surface area contributed by atoms with Crippen LogP contribution >= 0.6 is 22.9 Å². The molecule has 0 saturated heterocycles. The van der Waals surface area contributed by atoms with Gasteiger partial charge in [0.25, 0.3) is 0 Å². The van der Waals surface area contributed by atoms with E-state index >= 15 is 0 Å². The minimum absolute atomic E-state index is 0.836. The second-order valence-electron chi connectivity index (χ2n) is 3.22. The maximum atomic E-state index is 4.25. The topological polar surface area (TPSA) is 37.8 Å². The summed E-state index contributed by atoms with van der Waals surface area (Å²) in [6.07, 6.45) is 1.11. The zero-order valence-electron chi connectivity index (χ0n) is 8.78. The number of hydrogen-bond acceptors (Lipinski definition) is 5. The summed E-state index contributed by atoms with van der Waals surface area (Å²) in [7, 11) is 0. The minimum Gasteiger partial charge on any atom is -0.355 e. The van der Waals surface area contributed by atoms with E-state index in [1.807, 2.05) is 18.3 Å². The lowest BCUT2D eigenvalue weighted by atomic mass is 10.4. The van der Waals surface area contributed by atoms with Crippen LogP contribution in [0.3, 0.4) is 0 Å². The van der Waals surface area contributed by atoms with Crippen molar-refractivity contribution in [3.05, 3.63) is 27.7 Å². The van der Waals surface area contributed by atoms with Gasteiger partial charge in [-0.1, -0.05) is 6.92 Å². The highest BCUT2D eigenvalue weighted by Gasteiger charge is 2.01. The SMILES string of the molecule is CCc1ccc(CNc2nc(C)ns2)s1. The molecular formula is C10H13N3S2. The Morgan fingerprint density at radius 2 is 2.13 bits per heavy atom. The van der Waals surface area contributed by atoms with E-state index in [4.69, 9.17) is 0 Å². The molecule has 0 bridgehead atoms. The summed E-state index contributed by atoms with van der Waals surface area (Å²) in [5, 5.41) is 4.18. The summed E-state index contributed by atoms with van der Waals surface area (Å²) in [6, 6.07) is 4.36. The second-order valence-corrected chi connectivity index (χ2v) is 5.23. The Morgan fingerprint density at radius 1 is 1.33 bits per heavy atom. The molecule has 0 amide bonds. The lowest BCUT2D eigenvalue weighted by Gasteiger charge is -1.97. The first-order valence-electron chi connectivity index (χ1n) is 4.89. The molecule has 0 aromatic carbocycles. The second kappa shape index (κ2) is 4.72. The molecule has 0 aliphatic heterocycles. The Balaban J connectivity index is 1.93. The van der Waals surface area contributed by atoms with Crippen LogP contribution < -0.4 is 5.32 Å². The van der Waals surface area contributed by atoms with Crippen LogP contribution in [-0.2, 0) is 13.0 Å². The van der Waals surface area contributed by atoms with Crippen molar-refractivity contribution in [1.82, 2.24) is 9.36 Å². The summed E-state index contributed by atoms with van der Waals surface area (Å²) in [6.45, 7) is 4.93. The van der Waals surface area contributed by atoms with Crippen molar-refractivity contribution in [3.63, 3.8) is 0 Å². The molecule has 0 spiro atoms. The Labute approximate surface area is 97.4 Å². The molecule has 2 heterocycles. The third-order valence-corrected chi connectivity index (χ3v) is 4.00. The van der Waals surface area contributed by atoms with Crippen molar-refractivity contribution >= 4 is 28.0 Å². The van der Waals surface area contributed by atoms with Gasteiger partial charge < -0.3 is 5.32 Å². The number of aromatic nitrogens is 2. The van der Waals surface area contributed by atoms with E-state index in [9.17, 15) is 0 Å². The quantitative estimate of drug-likeness (QED) is 0.891. The first kappa shape index (κ1) is 10.6. The maximum Gasteiger partial charge on any atom is 0.202 e. The van der Waals surface area contributed by atoms with E-state index in [-0.39, 0.29) is 0 Å². The lowest BCUT2D eigenvalue weighted by molar-refractivity contribution is 1.12. The molecule has 0 fully saturated rings. The number of aryl methyl sites for hydroxylation is 2. The van der Waals surface area contributed by atoms with Gasteiger partial charge in [0.2, 0.25) is 5.13 Å². The van der Waals surface area contributed by atoms with Crippen molar-refractivity contribution in [1.29, 1.82) is 0 Å². The van der Waals surface area contributed by atoms with E-state index in [1.54, 1.807) is 0 Å². The predicted molar refractivity (Wildman–Crippen MR) is 65.7 cm³/mol. The van der Waals surface area contributed by atoms with Gasteiger partial charge in [0.05, 0.1) is 6.54 Å². The number of thiophene rings is 1. The van der Waals surface area contributed by atoms with Crippen LogP contribution in [0.1, 0.15) is 22.5 Å². The lowest BCUT2D eigenvalue weighted by Crippen LogP contribution is -1.96. The van der Waals surface area contributed by atoms with Gasteiger partial charge in [-0.3, -0.25) is 0 Å². The van der Waals surface area contributed by atoms with Crippen LogP contribution in [-0.4, -0.2) is 9.36 Å². The number of nitrogens with zero attached hydrogens (tertiary/aromatic N) is 2. The Kier molecular flexibility index (Phi) is 3.33. The summed E-state index contributed by atoms with van der Waals surface area (Å²) in [5.41, 5.74) is 0. The van der Waals surface area contributed by atoms with Crippen LogP contribution in [0.15, 0.2) is 12.1 Å². The van der Waals surface area contributed by atoms with Crippen LogP contribution in [0, 0.1) is 6.92 Å². The zero-order valence-corrected chi connectivity index (χ0v) is 10.4. The van der Waals surface area contributed by atoms with Crippen molar-refractivity contribution < 1.29 is 0 Å².